The van der Waals surface area contributed by atoms with Crippen molar-refractivity contribution in [2.24, 2.45) is 4.99 Å². The molecule has 0 bridgehead atoms. The second-order valence-corrected chi connectivity index (χ2v) is 7.94. The molecule has 0 saturated carbocycles. The van der Waals surface area contributed by atoms with E-state index in [1.165, 1.54) is 10.6 Å². The van der Waals surface area contributed by atoms with E-state index >= 15 is 0 Å². The predicted octanol–water partition coefficient (Wildman–Crippen LogP) is 2.38. The van der Waals surface area contributed by atoms with Crippen LogP contribution in [-0.2, 0) is 14.8 Å². The Kier molecular flexibility index (Phi) is 14.2. The van der Waals surface area contributed by atoms with Gasteiger partial charge in [0.2, 0.25) is 10.0 Å². The number of hydrogen-bond acceptors (Lipinski definition) is 5. The van der Waals surface area contributed by atoms with Crippen LogP contribution in [-0.4, -0.2) is 71.9 Å². The normalized spacial score (nSPS) is 11.8. The maximum Gasteiger partial charge on any atom is 0.211 e. The number of rotatable bonds is 12. The zero-order chi connectivity index (χ0) is 20.1. The van der Waals surface area contributed by atoms with Gasteiger partial charge in [0.05, 0.1) is 12.9 Å². The molecule has 0 aliphatic rings. The summed E-state index contributed by atoms with van der Waals surface area (Å²) in [5.74, 6) is 1.40. The third kappa shape index (κ3) is 11.0. The van der Waals surface area contributed by atoms with Crippen molar-refractivity contribution in [3.05, 3.63) is 24.3 Å². The van der Waals surface area contributed by atoms with Gasteiger partial charge in [-0.05, 0) is 18.6 Å². The Balaban J connectivity index is 0.00000729. The molecular formula is C18H33IN4O4S. The van der Waals surface area contributed by atoms with Gasteiger partial charge in [0.1, 0.15) is 5.75 Å². The lowest BCUT2D eigenvalue weighted by Crippen LogP contribution is -2.35. The highest BCUT2D eigenvalue weighted by Crippen LogP contribution is 2.17. The zero-order valence-electron chi connectivity index (χ0n) is 17.1. The molecule has 0 amide bonds. The summed E-state index contributed by atoms with van der Waals surface area (Å²) in [5.41, 5.74) is 0.860. The second kappa shape index (κ2) is 14.8. The van der Waals surface area contributed by atoms with E-state index in [2.05, 4.69) is 15.6 Å². The van der Waals surface area contributed by atoms with Crippen LogP contribution in [0, 0.1) is 0 Å². The predicted molar refractivity (Wildman–Crippen MR) is 126 cm³/mol. The lowest BCUT2D eigenvalue weighted by molar-refractivity contribution is 0.172. The molecule has 0 atom stereocenters. The average molecular weight is 528 g/mol. The minimum Gasteiger partial charge on any atom is -0.493 e. The van der Waals surface area contributed by atoms with Gasteiger partial charge >= 0.3 is 0 Å². The highest BCUT2D eigenvalue weighted by Gasteiger charge is 2.13. The van der Waals surface area contributed by atoms with E-state index in [1.807, 2.05) is 31.2 Å². The molecule has 0 heterocycles. The highest BCUT2D eigenvalue weighted by atomic mass is 127. The molecule has 1 aromatic rings. The van der Waals surface area contributed by atoms with Crippen LogP contribution in [0.5, 0.6) is 5.75 Å². The van der Waals surface area contributed by atoms with Crippen LogP contribution in [0.2, 0.25) is 0 Å². The first-order valence-corrected chi connectivity index (χ1v) is 10.9. The number of anilines is 1. The summed E-state index contributed by atoms with van der Waals surface area (Å²) < 4.78 is 35.3. The first-order chi connectivity index (χ1) is 12.9. The van der Waals surface area contributed by atoms with E-state index in [9.17, 15) is 8.42 Å². The van der Waals surface area contributed by atoms with E-state index in [1.54, 1.807) is 14.2 Å². The number of methoxy groups -OCH3 is 1. The lowest BCUT2D eigenvalue weighted by Gasteiger charge is -2.18. The molecular weight excluding hydrogens is 495 g/mol. The molecule has 162 valence electrons. The van der Waals surface area contributed by atoms with Crippen molar-refractivity contribution in [2.75, 3.05) is 58.6 Å². The molecule has 8 nitrogen and oxygen atoms in total. The first kappa shape index (κ1) is 26.9. The number of nitrogens with zero attached hydrogens (tertiary/aromatic N) is 2. The van der Waals surface area contributed by atoms with E-state index in [0.29, 0.717) is 45.2 Å². The molecule has 0 aromatic heterocycles. The Labute approximate surface area is 186 Å². The van der Waals surface area contributed by atoms with Gasteiger partial charge < -0.3 is 20.1 Å². The number of nitrogens with one attached hydrogen (secondary N) is 2. The van der Waals surface area contributed by atoms with Gasteiger partial charge in [-0.15, -0.1) is 24.0 Å². The van der Waals surface area contributed by atoms with E-state index in [-0.39, 0.29) is 24.0 Å². The molecule has 0 unspecified atom stereocenters. The van der Waals surface area contributed by atoms with E-state index < -0.39 is 10.0 Å². The molecule has 0 fully saturated rings. The monoisotopic (exact) mass is 528 g/mol. The third-order valence-corrected chi connectivity index (χ3v) is 5.16. The quantitative estimate of drug-likeness (QED) is 0.187. The SMILES string of the molecule is CCN(CCCNC(=NC)Nc1cccc(OCCCOC)c1)S(C)(=O)=O.I. The molecule has 1 rings (SSSR count). The summed E-state index contributed by atoms with van der Waals surface area (Å²) in [6.07, 6.45) is 2.75. The molecule has 1 aromatic carbocycles. The minimum absolute atomic E-state index is 0. The molecule has 2 N–H and O–H groups in total. The largest absolute Gasteiger partial charge is 0.493 e. The number of sulfonamides is 1. The maximum absolute atomic E-state index is 11.6. The molecule has 0 aliphatic heterocycles. The van der Waals surface area contributed by atoms with Crippen LogP contribution < -0.4 is 15.4 Å². The number of ether oxygens (including phenoxy) is 2. The summed E-state index contributed by atoms with van der Waals surface area (Å²) in [7, 11) is 0.212. The van der Waals surface area contributed by atoms with Crippen LogP contribution in [0.1, 0.15) is 19.8 Å². The van der Waals surface area contributed by atoms with Crippen molar-refractivity contribution < 1.29 is 17.9 Å². The molecule has 0 radical (unpaired) electrons. The summed E-state index contributed by atoms with van der Waals surface area (Å²) >= 11 is 0. The molecule has 10 heteroatoms. The number of benzene rings is 1. The van der Waals surface area contributed by atoms with Crippen LogP contribution in [0.4, 0.5) is 5.69 Å². The van der Waals surface area contributed by atoms with Crippen LogP contribution >= 0.6 is 24.0 Å². The maximum atomic E-state index is 11.6. The Morgan fingerprint density at radius 2 is 2.00 bits per heavy atom. The highest BCUT2D eigenvalue weighted by molar-refractivity contribution is 14.0. The Hall–Kier alpha value is -1.11. The molecule has 0 spiro atoms. The molecule has 0 aliphatic carbocycles. The van der Waals surface area contributed by atoms with Gasteiger partial charge in [-0.1, -0.05) is 13.0 Å². The first-order valence-electron chi connectivity index (χ1n) is 9.05. The fourth-order valence-electron chi connectivity index (χ4n) is 2.39. The Morgan fingerprint density at radius 1 is 1.25 bits per heavy atom. The fraction of sp³-hybridized carbons (Fsp3) is 0.611. The number of halogens is 1. The van der Waals surface area contributed by atoms with E-state index in [4.69, 9.17) is 9.47 Å². The van der Waals surface area contributed by atoms with Gasteiger partial charge in [0.25, 0.3) is 0 Å². The summed E-state index contributed by atoms with van der Waals surface area (Å²) in [6.45, 7) is 4.66. The van der Waals surface area contributed by atoms with Crippen molar-refractivity contribution >= 4 is 45.6 Å². The molecule has 28 heavy (non-hydrogen) atoms. The summed E-state index contributed by atoms with van der Waals surface area (Å²) in [6, 6.07) is 7.64. The number of aliphatic imine (C=N–C) groups is 1. The van der Waals surface area contributed by atoms with Crippen LogP contribution in [0.3, 0.4) is 0 Å². The third-order valence-electron chi connectivity index (χ3n) is 3.78. The van der Waals surface area contributed by atoms with Crippen molar-refractivity contribution in [3.63, 3.8) is 0 Å². The molecule has 0 saturated heterocycles. The van der Waals surface area contributed by atoms with Crippen molar-refractivity contribution in [1.82, 2.24) is 9.62 Å². The van der Waals surface area contributed by atoms with Crippen molar-refractivity contribution in [3.8, 4) is 5.75 Å². The summed E-state index contributed by atoms with van der Waals surface area (Å²) in [4.78, 5) is 4.19. The van der Waals surface area contributed by atoms with E-state index in [0.717, 1.165) is 17.9 Å². The van der Waals surface area contributed by atoms with Crippen molar-refractivity contribution in [1.29, 1.82) is 0 Å². The smallest absolute Gasteiger partial charge is 0.211 e. The zero-order valence-corrected chi connectivity index (χ0v) is 20.2. The second-order valence-electron chi connectivity index (χ2n) is 5.95. The number of guanidine groups is 1. The standard InChI is InChI=1S/C18H32N4O4S.HI/c1-5-22(27(4,23)24)12-7-11-20-18(19-2)21-16-9-6-10-17(15-16)26-14-8-13-25-3;/h6,9-10,15H,5,7-8,11-14H2,1-4H3,(H2,19,20,21);1H. The average Bonchev–Trinajstić information content (AvgIpc) is 2.63. The van der Waals surface area contributed by atoms with Gasteiger partial charge in [-0.2, -0.15) is 0 Å². The lowest BCUT2D eigenvalue weighted by atomic mass is 10.3. The van der Waals surface area contributed by atoms with Gasteiger partial charge in [0.15, 0.2) is 5.96 Å². The van der Waals surface area contributed by atoms with Crippen molar-refractivity contribution in [2.45, 2.75) is 19.8 Å². The Morgan fingerprint density at radius 3 is 2.61 bits per heavy atom. The van der Waals surface area contributed by atoms with Gasteiger partial charge in [0, 0.05) is 58.6 Å². The Bertz CT molecular complexity index is 686. The van der Waals surface area contributed by atoms with Crippen LogP contribution in [0.25, 0.3) is 0 Å². The topological polar surface area (TPSA) is 92.3 Å². The van der Waals surface area contributed by atoms with Crippen LogP contribution in [0.15, 0.2) is 29.3 Å². The fourth-order valence-corrected chi connectivity index (χ4v) is 3.32. The minimum atomic E-state index is -3.15. The number of hydrogen-bond donors (Lipinski definition) is 2. The summed E-state index contributed by atoms with van der Waals surface area (Å²) in [5, 5.41) is 6.39. The van der Waals surface area contributed by atoms with Gasteiger partial charge in [-0.3, -0.25) is 4.99 Å². The van der Waals surface area contributed by atoms with Gasteiger partial charge in [-0.25, -0.2) is 12.7 Å².